The highest BCUT2D eigenvalue weighted by Crippen LogP contribution is 2.38. The summed E-state index contributed by atoms with van der Waals surface area (Å²) in [5, 5.41) is 9.84. The Morgan fingerprint density at radius 3 is 2.62 bits per heavy atom. The largest absolute Gasteiger partial charge is 0.495 e. The Balaban J connectivity index is 1.34. The molecule has 0 fully saturated rings. The van der Waals surface area contributed by atoms with Crippen LogP contribution in [0.25, 0.3) is 0 Å². The summed E-state index contributed by atoms with van der Waals surface area (Å²) in [6.45, 7) is 2.05. The Kier molecular flexibility index (Phi) is 7.30. The first-order chi connectivity index (χ1) is 17.9. The average Bonchev–Trinajstić information content (AvgIpc) is 3.49. The molecule has 2 amide bonds. The first-order valence-corrected chi connectivity index (χ1v) is 13.1. The first kappa shape index (κ1) is 25.0. The van der Waals surface area contributed by atoms with Gasteiger partial charge in [-0.25, -0.2) is 5.01 Å². The molecule has 0 bridgehead atoms. The maximum absolute atomic E-state index is 12.8. The monoisotopic (exact) mass is 532 g/mol. The minimum Gasteiger partial charge on any atom is -0.495 e. The third kappa shape index (κ3) is 5.55. The Labute approximate surface area is 224 Å². The van der Waals surface area contributed by atoms with Crippen LogP contribution < -0.4 is 10.1 Å². The number of aliphatic imine (C=N–C) groups is 1. The topological polar surface area (TPSA) is 83.4 Å². The van der Waals surface area contributed by atoms with E-state index < -0.39 is 5.25 Å². The molecule has 2 aliphatic heterocycles. The predicted octanol–water partition coefficient (Wildman–Crippen LogP) is 5.83. The van der Waals surface area contributed by atoms with Crippen molar-refractivity contribution in [3.8, 4) is 5.75 Å². The molecule has 0 aromatic heterocycles. The first-order valence-electron chi connectivity index (χ1n) is 11.8. The van der Waals surface area contributed by atoms with Crippen molar-refractivity contribution < 1.29 is 14.3 Å². The Morgan fingerprint density at radius 1 is 1.14 bits per heavy atom. The van der Waals surface area contributed by atoms with Crippen molar-refractivity contribution in [3.05, 3.63) is 94.5 Å². The van der Waals surface area contributed by atoms with E-state index >= 15 is 0 Å². The zero-order chi connectivity index (χ0) is 25.9. The molecule has 37 heavy (non-hydrogen) atoms. The molecule has 2 aliphatic rings. The number of benzene rings is 3. The van der Waals surface area contributed by atoms with Gasteiger partial charge in [0.25, 0.3) is 5.91 Å². The quantitative estimate of drug-likeness (QED) is 0.431. The van der Waals surface area contributed by atoms with Crippen molar-refractivity contribution in [2.24, 2.45) is 10.1 Å². The second-order valence-electron chi connectivity index (χ2n) is 8.82. The second-order valence-corrected chi connectivity index (χ2v) is 10.4. The Bertz CT molecular complexity index is 1390. The summed E-state index contributed by atoms with van der Waals surface area (Å²) in [6.07, 6.45) is 0.644. The van der Waals surface area contributed by atoms with E-state index in [0.29, 0.717) is 28.0 Å². The molecule has 0 radical (unpaired) electrons. The molecule has 7 nitrogen and oxygen atoms in total. The standard InChI is InChI=1S/C28H25ClN4O3S/c1-17-8-10-18(11-9-17)21-15-23(19-6-4-3-5-7-19)33(32-21)28-31-27(35)25(37-28)16-26(34)30-22-14-20(29)12-13-24(22)36-2/h3-14,23,25H,15-16H2,1-2H3,(H,30,34)/t23-,25+/m1/s1. The summed E-state index contributed by atoms with van der Waals surface area (Å²) < 4.78 is 5.29. The van der Waals surface area contributed by atoms with Crippen molar-refractivity contribution in [1.82, 2.24) is 5.01 Å². The molecule has 0 spiro atoms. The third-order valence-electron chi connectivity index (χ3n) is 6.21. The third-order valence-corrected chi connectivity index (χ3v) is 7.59. The van der Waals surface area contributed by atoms with E-state index in [1.807, 2.05) is 30.1 Å². The SMILES string of the molecule is COc1ccc(Cl)cc1NC(=O)C[C@@H]1SC(N2N=C(c3ccc(C)cc3)C[C@@H]2c2ccccc2)=NC1=O. The van der Waals surface area contributed by atoms with E-state index in [1.54, 1.807) is 18.2 Å². The number of hydrogen-bond donors (Lipinski definition) is 1. The van der Waals surface area contributed by atoms with Gasteiger partial charge >= 0.3 is 0 Å². The summed E-state index contributed by atoms with van der Waals surface area (Å²) in [5.41, 5.74) is 4.68. The highest BCUT2D eigenvalue weighted by Gasteiger charge is 2.39. The van der Waals surface area contributed by atoms with Crippen molar-refractivity contribution in [1.29, 1.82) is 0 Å². The number of hydrogen-bond acceptors (Lipinski definition) is 6. The lowest BCUT2D eigenvalue weighted by molar-refractivity contribution is -0.121. The summed E-state index contributed by atoms with van der Waals surface area (Å²) >= 11 is 7.34. The molecule has 2 atom stereocenters. The minimum absolute atomic E-state index is 0.0372. The predicted molar refractivity (Wildman–Crippen MR) is 148 cm³/mol. The zero-order valence-corrected chi connectivity index (χ0v) is 21.9. The molecule has 5 rings (SSSR count). The van der Waals surface area contributed by atoms with Crippen molar-refractivity contribution in [3.63, 3.8) is 0 Å². The van der Waals surface area contributed by atoms with Crippen LogP contribution in [0.4, 0.5) is 5.69 Å². The average molecular weight is 533 g/mol. The molecular weight excluding hydrogens is 508 g/mol. The number of thioether (sulfide) groups is 1. The van der Waals surface area contributed by atoms with Crippen LogP contribution in [0.3, 0.4) is 0 Å². The molecular formula is C28H25ClN4O3S. The number of carbonyl (C=O) groups excluding carboxylic acids is 2. The Hall–Kier alpha value is -3.62. The van der Waals surface area contributed by atoms with E-state index in [2.05, 4.69) is 46.7 Å². The van der Waals surface area contributed by atoms with Gasteiger partial charge in [-0.1, -0.05) is 83.5 Å². The number of amidine groups is 1. The van der Waals surface area contributed by atoms with Crippen molar-refractivity contribution >= 4 is 51.7 Å². The number of amides is 2. The number of aryl methyl sites for hydroxylation is 1. The molecule has 0 aliphatic carbocycles. The number of nitrogens with zero attached hydrogens (tertiary/aromatic N) is 3. The summed E-state index contributed by atoms with van der Waals surface area (Å²) in [6, 6.07) is 23.2. The number of carbonyl (C=O) groups is 2. The molecule has 1 N–H and O–H groups in total. The summed E-state index contributed by atoms with van der Waals surface area (Å²) in [4.78, 5) is 29.9. The lowest BCUT2D eigenvalue weighted by Crippen LogP contribution is -2.25. The van der Waals surface area contributed by atoms with Crippen LogP contribution in [0.1, 0.15) is 35.6 Å². The van der Waals surface area contributed by atoms with Crippen molar-refractivity contribution in [2.45, 2.75) is 31.1 Å². The maximum Gasteiger partial charge on any atom is 0.262 e. The number of anilines is 1. The van der Waals surface area contributed by atoms with Crippen LogP contribution in [0.2, 0.25) is 5.02 Å². The van der Waals surface area contributed by atoms with E-state index in [-0.39, 0.29) is 24.3 Å². The van der Waals surface area contributed by atoms with Gasteiger partial charge in [0.1, 0.15) is 11.0 Å². The van der Waals surface area contributed by atoms with E-state index in [0.717, 1.165) is 16.8 Å². The van der Waals surface area contributed by atoms with Crippen LogP contribution >= 0.6 is 23.4 Å². The molecule has 3 aromatic rings. The Morgan fingerprint density at radius 2 is 1.89 bits per heavy atom. The summed E-state index contributed by atoms with van der Waals surface area (Å²) in [5.74, 6) is -0.187. The van der Waals surface area contributed by atoms with Gasteiger partial charge < -0.3 is 10.1 Å². The zero-order valence-electron chi connectivity index (χ0n) is 20.3. The normalized spacial score (nSPS) is 19.0. The summed E-state index contributed by atoms with van der Waals surface area (Å²) in [7, 11) is 1.51. The van der Waals surface area contributed by atoms with Crippen molar-refractivity contribution in [2.75, 3.05) is 12.4 Å². The number of methoxy groups -OCH3 is 1. The molecule has 188 valence electrons. The van der Waals surface area contributed by atoms with Crippen LogP contribution in [0.15, 0.2) is 82.9 Å². The van der Waals surface area contributed by atoms with Crippen LogP contribution in [-0.2, 0) is 9.59 Å². The molecule has 2 heterocycles. The maximum atomic E-state index is 12.8. The van der Waals surface area contributed by atoms with E-state index in [4.69, 9.17) is 21.4 Å². The lowest BCUT2D eigenvalue weighted by Gasteiger charge is -2.23. The van der Waals surface area contributed by atoms with Gasteiger partial charge in [-0.3, -0.25) is 9.59 Å². The highest BCUT2D eigenvalue weighted by molar-refractivity contribution is 8.15. The smallest absolute Gasteiger partial charge is 0.262 e. The van der Waals surface area contributed by atoms with Crippen LogP contribution in [0.5, 0.6) is 5.75 Å². The second kappa shape index (κ2) is 10.8. The fourth-order valence-corrected chi connectivity index (χ4v) is 5.53. The molecule has 0 unspecified atom stereocenters. The lowest BCUT2D eigenvalue weighted by atomic mass is 9.98. The van der Waals surface area contributed by atoms with Gasteiger partial charge in [-0.15, -0.1) is 0 Å². The fourth-order valence-electron chi connectivity index (χ4n) is 4.29. The molecule has 9 heteroatoms. The van der Waals surface area contributed by atoms with Gasteiger partial charge in [0, 0.05) is 17.9 Å². The molecule has 0 saturated carbocycles. The number of nitrogens with one attached hydrogen (secondary N) is 1. The van der Waals surface area contributed by atoms with Gasteiger partial charge in [0.05, 0.1) is 24.6 Å². The van der Waals surface area contributed by atoms with E-state index in [9.17, 15) is 9.59 Å². The molecule has 3 aromatic carbocycles. The number of rotatable bonds is 6. The van der Waals surface area contributed by atoms with Gasteiger partial charge in [0.15, 0.2) is 5.17 Å². The number of hydrazone groups is 1. The van der Waals surface area contributed by atoms with Gasteiger partial charge in [0.2, 0.25) is 5.91 Å². The minimum atomic E-state index is -0.643. The van der Waals surface area contributed by atoms with Gasteiger partial charge in [-0.05, 0) is 36.2 Å². The highest BCUT2D eigenvalue weighted by atomic mass is 35.5. The van der Waals surface area contributed by atoms with Crippen LogP contribution in [-0.4, -0.2) is 40.1 Å². The van der Waals surface area contributed by atoms with E-state index in [1.165, 1.54) is 24.4 Å². The van der Waals surface area contributed by atoms with Crippen LogP contribution in [0, 0.1) is 6.92 Å². The van der Waals surface area contributed by atoms with Gasteiger partial charge in [-0.2, -0.15) is 10.1 Å². The number of ether oxygens (including phenoxy) is 1. The fraction of sp³-hybridized carbons (Fsp3) is 0.214. The molecule has 0 saturated heterocycles. The number of halogens is 1.